The van der Waals surface area contributed by atoms with Gasteiger partial charge in [-0.15, -0.1) is 10.2 Å². The molecule has 0 saturated heterocycles. The first-order valence-corrected chi connectivity index (χ1v) is 10.4. The number of halogens is 1. The van der Waals surface area contributed by atoms with Crippen molar-refractivity contribution in [2.45, 2.75) is 13.5 Å². The quantitative estimate of drug-likeness (QED) is 0.292. The fourth-order valence-corrected chi connectivity index (χ4v) is 3.41. The van der Waals surface area contributed by atoms with Crippen molar-refractivity contribution in [2.75, 3.05) is 5.32 Å². The Morgan fingerprint density at radius 3 is 2.60 bits per heavy atom. The van der Waals surface area contributed by atoms with E-state index in [0.717, 1.165) is 5.56 Å². The number of aromatic nitrogens is 8. The minimum Gasteiger partial charge on any atom is -0.347 e. The van der Waals surface area contributed by atoms with Gasteiger partial charge in [-0.3, -0.25) is 14.7 Å². The predicted octanol–water partition coefficient (Wildman–Crippen LogP) is 2.16. The summed E-state index contributed by atoms with van der Waals surface area (Å²) in [6.07, 6.45) is 1.21. The molecule has 13 heteroatoms. The molecule has 3 heterocycles. The van der Waals surface area contributed by atoms with Crippen molar-refractivity contribution in [3.05, 3.63) is 77.0 Å². The average Bonchev–Trinajstić information content (AvgIpc) is 3.55. The van der Waals surface area contributed by atoms with Crippen LogP contribution in [0, 0.1) is 12.7 Å². The number of nitrogens with zero attached hydrogens (tertiary/aromatic N) is 6. The average molecular weight is 472 g/mol. The third kappa shape index (κ3) is 4.42. The van der Waals surface area contributed by atoms with Crippen LogP contribution in [0.5, 0.6) is 0 Å². The largest absolute Gasteiger partial charge is 0.347 e. The van der Waals surface area contributed by atoms with Gasteiger partial charge in [0.15, 0.2) is 11.5 Å². The summed E-state index contributed by atoms with van der Waals surface area (Å²) in [7, 11) is 0. The van der Waals surface area contributed by atoms with E-state index in [1.165, 1.54) is 12.4 Å². The van der Waals surface area contributed by atoms with Gasteiger partial charge >= 0.3 is 0 Å². The van der Waals surface area contributed by atoms with E-state index < -0.39 is 11.8 Å². The van der Waals surface area contributed by atoms with Crippen LogP contribution < -0.4 is 10.6 Å². The summed E-state index contributed by atoms with van der Waals surface area (Å²) in [6.45, 7) is 1.83. The number of anilines is 1. The minimum atomic E-state index is -0.474. The summed E-state index contributed by atoms with van der Waals surface area (Å²) in [5.74, 6) is -0.648. The van der Waals surface area contributed by atoms with Gasteiger partial charge in [0.1, 0.15) is 23.2 Å². The van der Waals surface area contributed by atoms with Crippen LogP contribution in [0.1, 0.15) is 32.0 Å². The molecular formula is C22H17FN10O2. The Morgan fingerprint density at radius 1 is 1.03 bits per heavy atom. The van der Waals surface area contributed by atoms with Gasteiger partial charge in [0, 0.05) is 17.7 Å². The van der Waals surface area contributed by atoms with E-state index in [9.17, 15) is 14.0 Å². The van der Waals surface area contributed by atoms with Crippen LogP contribution in [0.4, 0.5) is 10.2 Å². The van der Waals surface area contributed by atoms with Crippen LogP contribution in [-0.4, -0.2) is 52.6 Å². The Balaban J connectivity index is 1.31. The van der Waals surface area contributed by atoms with Crippen molar-refractivity contribution in [2.24, 2.45) is 0 Å². The number of aryl methyl sites for hydroxylation is 1. The lowest BCUT2D eigenvalue weighted by Gasteiger charge is -2.07. The SMILES string of the molecule is Cc1cc(CNC(=O)c2ncnc3c(NC(=O)c4ccc(-c5nn[nH]n5)cc4)n[nH]c23)ccc1F. The van der Waals surface area contributed by atoms with E-state index in [1.54, 1.807) is 43.3 Å². The lowest BCUT2D eigenvalue weighted by atomic mass is 10.1. The summed E-state index contributed by atoms with van der Waals surface area (Å²) >= 11 is 0. The summed E-state index contributed by atoms with van der Waals surface area (Å²) in [6, 6.07) is 11.2. The smallest absolute Gasteiger partial charge is 0.272 e. The second-order valence-electron chi connectivity index (χ2n) is 7.55. The Hall–Kier alpha value is -5.07. The molecule has 0 saturated carbocycles. The number of carbonyl (C=O) groups is 2. The van der Waals surface area contributed by atoms with Gasteiger partial charge in [0.2, 0.25) is 5.82 Å². The molecule has 174 valence electrons. The van der Waals surface area contributed by atoms with Gasteiger partial charge in [-0.1, -0.05) is 24.3 Å². The summed E-state index contributed by atoms with van der Waals surface area (Å²) in [4.78, 5) is 33.7. The Morgan fingerprint density at radius 2 is 1.86 bits per heavy atom. The number of fused-ring (bicyclic) bond motifs is 1. The number of rotatable bonds is 6. The van der Waals surface area contributed by atoms with Crippen LogP contribution in [0.2, 0.25) is 0 Å². The molecule has 0 bridgehead atoms. The van der Waals surface area contributed by atoms with Crippen molar-refractivity contribution >= 4 is 28.7 Å². The summed E-state index contributed by atoms with van der Waals surface area (Å²) in [5, 5.41) is 25.9. The van der Waals surface area contributed by atoms with Crippen molar-refractivity contribution in [3.63, 3.8) is 0 Å². The number of nitrogens with one attached hydrogen (secondary N) is 4. The normalized spacial score (nSPS) is 10.9. The highest BCUT2D eigenvalue weighted by atomic mass is 19.1. The van der Waals surface area contributed by atoms with Crippen LogP contribution in [0.25, 0.3) is 22.4 Å². The molecule has 0 spiro atoms. The molecule has 0 aliphatic heterocycles. The number of aromatic amines is 2. The van der Waals surface area contributed by atoms with Crippen LogP contribution in [0.15, 0.2) is 48.8 Å². The Bertz CT molecular complexity index is 1530. The maximum Gasteiger partial charge on any atom is 0.272 e. The zero-order valence-electron chi connectivity index (χ0n) is 18.2. The lowest BCUT2D eigenvalue weighted by Crippen LogP contribution is -2.24. The van der Waals surface area contributed by atoms with Crippen LogP contribution >= 0.6 is 0 Å². The van der Waals surface area contributed by atoms with Gasteiger partial charge in [0.25, 0.3) is 11.8 Å². The predicted molar refractivity (Wildman–Crippen MR) is 122 cm³/mol. The molecule has 5 rings (SSSR count). The van der Waals surface area contributed by atoms with Crippen molar-refractivity contribution in [3.8, 4) is 11.4 Å². The highest BCUT2D eigenvalue weighted by Crippen LogP contribution is 2.21. The molecule has 5 aromatic rings. The number of amides is 2. The second kappa shape index (κ2) is 9.05. The van der Waals surface area contributed by atoms with E-state index >= 15 is 0 Å². The van der Waals surface area contributed by atoms with Crippen molar-refractivity contribution in [1.29, 1.82) is 0 Å². The van der Waals surface area contributed by atoms with Gasteiger partial charge in [-0.25, -0.2) is 14.4 Å². The molecule has 2 aromatic carbocycles. The third-order valence-corrected chi connectivity index (χ3v) is 5.22. The zero-order chi connectivity index (χ0) is 24.4. The maximum absolute atomic E-state index is 13.5. The van der Waals surface area contributed by atoms with E-state index in [1.807, 2.05) is 0 Å². The second-order valence-corrected chi connectivity index (χ2v) is 7.55. The van der Waals surface area contributed by atoms with Crippen molar-refractivity contribution < 1.29 is 14.0 Å². The fourth-order valence-electron chi connectivity index (χ4n) is 3.41. The first kappa shape index (κ1) is 21.8. The number of hydrogen-bond donors (Lipinski definition) is 4. The van der Waals surface area contributed by atoms with Gasteiger partial charge in [0.05, 0.1) is 0 Å². The first-order valence-electron chi connectivity index (χ1n) is 10.4. The number of carbonyl (C=O) groups excluding carboxylic acids is 2. The number of H-pyrrole nitrogens is 2. The van der Waals surface area contributed by atoms with Gasteiger partial charge in [-0.2, -0.15) is 10.3 Å². The molecule has 35 heavy (non-hydrogen) atoms. The van der Waals surface area contributed by atoms with Crippen molar-refractivity contribution in [1.82, 2.24) is 46.1 Å². The van der Waals surface area contributed by atoms with E-state index in [2.05, 4.69) is 51.4 Å². The highest BCUT2D eigenvalue weighted by Gasteiger charge is 2.19. The molecule has 0 unspecified atom stereocenters. The highest BCUT2D eigenvalue weighted by molar-refractivity contribution is 6.10. The van der Waals surface area contributed by atoms with E-state index in [4.69, 9.17) is 0 Å². The molecule has 0 aliphatic carbocycles. The molecular weight excluding hydrogens is 455 g/mol. The topological polar surface area (TPSA) is 167 Å². The van der Waals surface area contributed by atoms with E-state index in [0.29, 0.717) is 22.5 Å². The molecule has 0 aliphatic rings. The standard InChI is InChI=1S/C22H17FN10O2/c1-11-8-12(2-7-15(11)23)9-24-22(35)18-16-17(25-10-26-18)20(29-28-16)27-21(34)14-5-3-13(4-6-14)19-30-32-33-31-19/h2-8,10H,9H2,1H3,(H,24,35)(H2,27,28,29,34)(H,30,31,32,33). The van der Waals surface area contributed by atoms with Crippen LogP contribution in [-0.2, 0) is 6.54 Å². The number of tetrazole rings is 1. The molecule has 12 nitrogen and oxygen atoms in total. The van der Waals surface area contributed by atoms with Gasteiger partial charge < -0.3 is 10.6 Å². The fraction of sp³-hybridized carbons (Fsp3) is 0.0909. The van der Waals surface area contributed by atoms with Crippen LogP contribution in [0.3, 0.4) is 0 Å². The summed E-state index contributed by atoms with van der Waals surface area (Å²) < 4.78 is 13.5. The minimum absolute atomic E-state index is 0.0614. The van der Waals surface area contributed by atoms with E-state index in [-0.39, 0.29) is 34.9 Å². The molecule has 0 fully saturated rings. The first-order chi connectivity index (χ1) is 17.0. The molecule has 0 radical (unpaired) electrons. The molecule has 3 aromatic heterocycles. The number of benzene rings is 2. The summed E-state index contributed by atoms with van der Waals surface area (Å²) in [5.41, 5.74) is 2.90. The maximum atomic E-state index is 13.5. The Kier molecular flexibility index (Phi) is 5.63. The molecule has 4 N–H and O–H groups in total. The monoisotopic (exact) mass is 472 g/mol. The molecule has 0 atom stereocenters. The molecule has 2 amide bonds. The lowest BCUT2D eigenvalue weighted by molar-refractivity contribution is 0.0946. The Labute approximate surface area is 196 Å². The zero-order valence-corrected chi connectivity index (χ0v) is 18.2. The number of hydrogen-bond acceptors (Lipinski definition) is 8. The third-order valence-electron chi connectivity index (χ3n) is 5.22. The van der Waals surface area contributed by atoms with Gasteiger partial charge in [-0.05, 0) is 41.5 Å².